The van der Waals surface area contributed by atoms with E-state index >= 15 is 0 Å². The summed E-state index contributed by atoms with van der Waals surface area (Å²) in [7, 11) is 0. The third-order valence-corrected chi connectivity index (χ3v) is 6.30. The second-order valence-corrected chi connectivity index (χ2v) is 9.08. The number of nitrogens with zero attached hydrogens (tertiary/aromatic N) is 5. The summed E-state index contributed by atoms with van der Waals surface area (Å²) in [6.45, 7) is 7.95. The van der Waals surface area contributed by atoms with E-state index in [1.54, 1.807) is 0 Å². The van der Waals surface area contributed by atoms with E-state index in [0.717, 1.165) is 68.0 Å². The van der Waals surface area contributed by atoms with Crippen molar-refractivity contribution in [1.29, 1.82) is 0 Å². The molecule has 158 valence electrons. The number of anilines is 1. The van der Waals surface area contributed by atoms with Crippen molar-refractivity contribution in [2.45, 2.75) is 58.5 Å². The van der Waals surface area contributed by atoms with Gasteiger partial charge in [-0.1, -0.05) is 13.8 Å². The lowest BCUT2D eigenvalue weighted by Crippen LogP contribution is -2.42. The quantitative estimate of drug-likeness (QED) is 0.704. The molecule has 2 aliphatic heterocycles. The van der Waals surface area contributed by atoms with Crippen LogP contribution in [0.2, 0.25) is 0 Å². The number of hydrogen-bond donors (Lipinski definition) is 1. The van der Waals surface area contributed by atoms with E-state index in [-0.39, 0.29) is 11.9 Å². The number of likely N-dealkylation sites (tertiary alicyclic amines) is 1. The minimum atomic E-state index is -0.0261. The highest BCUT2D eigenvalue weighted by Crippen LogP contribution is 2.29. The number of piperidine rings is 1. The topological polar surface area (TPSA) is 68.0 Å². The van der Waals surface area contributed by atoms with Crippen molar-refractivity contribution in [2.24, 2.45) is 5.92 Å². The highest BCUT2D eigenvalue weighted by molar-refractivity contribution is 5.93. The summed E-state index contributed by atoms with van der Waals surface area (Å²) in [5.74, 6) is 3.03. The molecule has 2 aromatic heterocycles. The number of rotatable bonds is 4. The summed E-state index contributed by atoms with van der Waals surface area (Å²) in [6, 6.07) is 8.27. The van der Waals surface area contributed by atoms with Gasteiger partial charge in [0.25, 0.3) is 0 Å². The van der Waals surface area contributed by atoms with Crippen LogP contribution in [-0.4, -0.2) is 43.4 Å². The summed E-state index contributed by atoms with van der Waals surface area (Å²) in [5, 5.41) is 13.1. The molecule has 5 rings (SSSR count). The first-order valence-electron chi connectivity index (χ1n) is 11.2. The number of carbonyl (C=O) groups is 1. The highest BCUT2D eigenvalue weighted by atomic mass is 16.2. The number of aromatic nitrogens is 4. The molecule has 2 aliphatic rings. The Hall–Kier alpha value is -2.83. The van der Waals surface area contributed by atoms with Crippen molar-refractivity contribution in [3.8, 4) is 0 Å². The minimum Gasteiger partial charge on any atom is -0.347 e. The number of hydrogen-bond acceptors (Lipinski definition) is 3. The number of amides is 2. The van der Waals surface area contributed by atoms with Gasteiger partial charge in [-0.2, -0.15) is 0 Å². The molecule has 1 saturated heterocycles. The minimum absolute atomic E-state index is 0.0261. The molecule has 0 spiro atoms. The van der Waals surface area contributed by atoms with E-state index in [0.29, 0.717) is 12.5 Å². The van der Waals surface area contributed by atoms with Crippen molar-refractivity contribution >= 4 is 22.6 Å². The van der Waals surface area contributed by atoms with Crippen molar-refractivity contribution in [2.75, 3.05) is 18.4 Å². The fourth-order valence-corrected chi connectivity index (χ4v) is 4.88. The third kappa shape index (κ3) is 3.57. The van der Waals surface area contributed by atoms with Crippen LogP contribution in [0.25, 0.3) is 10.9 Å². The van der Waals surface area contributed by atoms with Crippen LogP contribution in [0.5, 0.6) is 0 Å². The summed E-state index contributed by atoms with van der Waals surface area (Å²) in [4.78, 5) is 14.9. The Labute approximate surface area is 177 Å². The Kier molecular flexibility index (Phi) is 4.97. The van der Waals surface area contributed by atoms with Crippen LogP contribution in [0.3, 0.4) is 0 Å². The molecular formula is C23H30N6O. The van der Waals surface area contributed by atoms with Crippen LogP contribution < -0.4 is 5.32 Å². The van der Waals surface area contributed by atoms with Crippen molar-refractivity contribution in [1.82, 2.24) is 24.2 Å². The van der Waals surface area contributed by atoms with Gasteiger partial charge in [-0.25, -0.2) is 4.79 Å². The first-order valence-corrected chi connectivity index (χ1v) is 11.2. The van der Waals surface area contributed by atoms with Crippen LogP contribution in [0, 0.1) is 5.92 Å². The van der Waals surface area contributed by atoms with Gasteiger partial charge >= 0.3 is 6.03 Å². The molecule has 0 radical (unpaired) electrons. The Morgan fingerprint density at radius 3 is 2.97 bits per heavy atom. The Morgan fingerprint density at radius 1 is 1.20 bits per heavy atom. The normalized spacial score (nSPS) is 18.9. The summed E-state index contributed by atoms with van der Waals surface area (Å²) >= 11 is 0. The van der Waals surface area contributed by atoms with Crippen LogP contribution in [0.1, 0.15) is 50.7 Å². The van der Waals surface area contributed by atoms with E-state index in [2.05, 4.69) is 62.9 Å². The van der Waals surface area contributed by atoms with Crippen molar-refractivity contribution in [3.05, 3.63) is 42.1 Å². The van der Waals surface area contributed by atoms with Gasteiger partial charge in [-0.3, -0.25) is 0 Å². The van der Waals surface area contributed by atoms with E-state index in [1.165, 1.54) is 5.52 Å². The van der Waals surface area contributed by atoms with Gasteiger partial charge in [0.2, 0.25) is 0 Å². The molecule has 1 fully saturated rings. The van der Waals surface area contributed by atoms with Gasteiger partial charge < -0.3 is 19.4 Å². The van der Waals surface area contributed by atoms with Gasteiger partial charge in [0.1, 0.15) is 11.6 Å². The van der Waals surface area contributed by atoms with Gasteiger partial charge in [0.05, 0.1) is 0 Å². The highest BCUT2D eigenvalue weighted by Gasteiger charge is 2.30. The van der Waals surface area contributed by atoms with E-state index in [4.69, 9.17) is 0 Å². The molecule has 0 aliphatic carbocycles. The maximum Gasteiger partial charge on any atom is 0.321 e. The largest absolute Gasteiger partial charge is 0.347 e. The average Bonchev–Trinajstić information content (AvgIpc) is 3.44. The predicted octanol–water partition coefficient (Wildman–Crippen LogP) is 4.25. The maximum atomic E-state index is 13.0. The zero-order valence-electron chi connectivity index (χ0n) is 17.8. The lowest BCUT2D eigenvalue weighted by atomic mass is 9.97. The number of fused-ring (bicyclic) bond motifs is 2. The molecule has 0 bridgehead atoms. The molecule has 1 atom stereocenters. The Bertz CT molecular complexity index is 1070. The Balaban J connectivity index is 1.27. The van der Waals surface area contributed by atoms with Gasteiger partial charge in [0.15, 0.2) is 0 Å². The van der Waals surface area contributed by atoms with Gasteiger partial charge in [-0.15, -0.1) is 10.2 Å². The zero-order chi connectivity index (χ0) is 20.7. The number of aryl methyl sites for hydroxylation is 1. The fraction of sp³-hybridized carbons (Fsp3) is 0.522. The molecular weight excluding hydrogens is 376 g/mol. The van der Waals surface area contributed by atoms with E-state index in [1.807, 2.05) is 11.0 Å². The molecule has 7 heteroatoms. The number of nitrogens with one attached hydrogen (secondary N) is 1. The van der Waals surface area contributed by atoms with Crippen molar-refractivity contribution < 1.29 is 4.79 Å². The lowest BCUT2D eigenvalue weighted by Gasteiger charge is -2.32. The summed E-state index contributed by atoms with van der Waals surface area (Å²) in [6.07, 6.45) is 6.36. The van der Waals surface area contributed by atoms with E-state index in [9.17, 15) is 4.79 Å². The number of urea groups is 1. The second-order valence-electron chi connectivity index (χ2n) is 9.08. The molecule has 4 heterocycles. The smallest absolute Gasteiger partial charge is 0.321 e. The van der Waals surface area contributed by atoms with Crippen LogP contribution in [0.15, 0.2) is 30.5 Å². The second kappa shape index (κ2) is 7.78. The lowest BCUT2D eigenvalue weighted by molar-refractivity contribution is 0.190. The third-order valence-electron chi connectivity index (χ3n) is 6.30. The average molecular weight is 407 g/mol. The molecule has 1 unspecified atom stereocenters. The molecule has 1 aromatic carbocycles. The summed E-state index contributed by atoms with van der Waals surface area (Å²) in [5.41, 5.74) is 2.06. The van der Waals surface area contributed by atoms with Crippen LogP contribution in [-0.2, 0) is 19.5 Å². The molecule has 2 amide bonds. The molecule has 7 nitrogen and oxygen atoms in total. The SMILES string of the molecule is CC(C)Cn1ccc2cc(NC(=O)N3CCCC(c4nnc5n4CCC5)C3)ccc21. The number of benzene rings is 1. The van der Waals surface area contributed by atoms with E-state index < -0.39 is 0 Å². The summed E-state index contributed by atoms with van der Waals surface area (Å²) < 4.78 is 4.54. The van der Waals surface area contributed by atoms with Crippen molar-refractivity contribution in [3.63, 3.8) is 0 Å². The van der Waals surface area contributed by atoms with Gasteiger partial charge in [0, 0.05) is 61.3 Å². The first kappa shape index (κ1) is 19.2. The molecule has 1 N–H and O–H groups in total. The number of carbonyl (C=O) groups excluding carboxylic acids is 1. The fourth-order valence-electron chi connectivity index (χ4n) is 4.88. The standard InChI is InChI=1S/C23H30N6O/c1-16(2)14-27-12-9-17-13-19(7-8-20(17)27)24-23(30)28-10-3-5-18(15-28)22-26-25-21-6-4-11-29(21)22/h7-9,12-13,16,18H,3-6,10-11,14-15H2,1-2H3,(H,24,30). The predicted molar refractivity (Wildman–Crippen MR) is 118 cm³/mol. The molecule has 0 saturated carbocycles. The van der Waals surface area contributed by atoms with Crippen LogP contribution >= 0.6 is 0 Å². The van der Waals surface area contributed by atoms with Gasteiger partial charge in [-0.05, 0) is 49.4 Å². The Morgan fingerprint density at radius 2 is 2.10 bits per heavy atom. The zero-order valence-corrected chi connectivity index (χ0v) is 17.8. The molecule has 30 heavy (non-hydrogen) atoms. The first-order chi connectivity index (χ1) is 14.6. The monoisotopic (exact) mass is 406 g/mol. The maximum absolute atomic E-state index is 13.0. The molecule has 3 aromatic rings. The van der Waals surface area contributed by atoms with Crippen LogP contribution in [0.4, 0.5) is 10.5 Å².